The summed E-state index contributed by atoms with van der Waals surface area (Å²) in [6, 6.07) is 1.80. The first-order valence-electron chi connectivity index (χ1n) is 6.69. The molecule has 2 heterocycles. The lowest BCUT2D eigenvalue weighted by atomic mass is 9.68. The first kappa shape index (κ1) is 15.1. The molecule has 0 radical (unpaired) electrons. The Balaban J connectivity index is 2.30. The van der Waals surface area contributed by atoms with E-state index in [2.05, 4.69) is 5.10 Å². The molecule has 6 nitrogen and oxygen atoms in total. The number of hydrogen-bond acceptors (Lipinski definition) is 4. The van der Waals surface area contributed by atoms with Gasteiger partial charge in [0.1, 0.15) is 0 Å². The van der Waals surface area contributed by atoms with E-state index < -0.39 is 24.3 Å². The van der Waals surface area contributed by atoms with Gasteiger partial charge in [-0.2, -0.15) is 5.10 Å². The van der Waals surface area contributed by atoms with Crippen LogP contribution in [-0.4, -0.2) is 39.2 Å². The Morgan fingerprint density at radius 2 is 1.95 bits per heavy atom. The maximum absolute atomic E-state index is 11.2. The summed E-state index contributed by atoms with van der Waals surface area (Å²) in [6.07, 6.45) is 1.59. The van der Waals surface area contributed by atoms with Crippen molar-refractivity contribution in [3.05, 3.63) is 18.0 Å². The largest absolute Gasteiger partial charge is 0.481 e. The Kier molecular flexibility index (Phi) is 3.68. The summed E-state index contributed by atoms with van der Waals surface area (Å²) in [6.45, 7) is 7.81. The van der Waals surface area contributed by atoms with Crippen molar-refractivity contribution in [2.75, 3.05) is 0 Å². The normalized spacial score (nSPS) is 21.9. The van der Waals surface area contributed by atoms with Gasteiger partial charge in [-0.1, -0.05) is 0 Å². The van der Waals surface area contributed by atoms with Crippen molar-refractivity contribution >= 4 is 13.1 Å². The molecule has 1 aliphatic heterocycles. The molecule has 0 aliphatic carbocycles. The maximum Gasteiger partial charge on any atom is 0.468 e. The van der Waals surface area contributed by atoms with Gasteiger partial charge in [-0.25, -0.2) is 0 Å². The van der Waals surface area contributed by atoms with Gasteiger partial charge in [-0.15, -0.1) is 0 Å². The molecule has 0 spiro atoms. The zero-order valence-corrected chi connectivity index (χ0v) is 12.6. The number of carboxylic acid groups (broad SMARTS) is 1. The van der Waals surface area contributed by atoms with E-state index in [4.69, 9.17) is 14.4 Å². The highest BCUT2D eigenvalue weighted by atomic mass is 16.7. The van der Waals surface area contributed by atoms with Gasteiger partial charge in [0.2, 0.25) is 0 Å². The summed E-state index contributed by atoms with van der Waals surface area (Å²) in [5, 5.41) is 13.3. The lowest BCUT2D eigenvalue weighted by Gasteiger charge is -2.32. The number of nitrogens with zero attached hydrogens (tertiary/aromatic N) is 2. The predicted molar refractivity (Wildman–Crippen MR) is 74.3 cm³/mol. The van der Waals surface area contributed by atoms with Crippen LogP contribution in [0.1, 0.15) is 45.6 Å². The molecule has 1 fully saturated rings. The minimum atomic E-state index is -0.883. The summed E-state index contributed by atoms with van der Waals surface area (Å²) in [5.74, 6) is -1.27. The summed E-state index contributed by atoms with van der Waals surface area (Å²) in [7, 11) is 1.20. The van der Waals surface area contributed by atoms with Gasteiger partial charge < -0.3 is 14.4 Å². The quantitative estimate of drug-likeness (QED) is 0.848. The van der Waals surface area contributed by atoms with Crippen LogP contribution in [0.3, 0.4) is 0 Å². The summed E-state index contributed by atoms with van der Waals surface area (Å²) in [5.41, 5.74) is -0.161. The van der Waals surface area contributed by atoms with Crippen molar-refractivity contribution < 1.29 is 19.2 Å². The van der Waals surface area contributed by atoms with Gasteiger partial charge in [0.25, 0.3) is 0 Å². The lowest BCUT2D eigenvalue weighted by Crippen LogP contribution is -2.41. The number of hydrogen-bond donors (Lipinski definition) is 1. The first-order valence-corrected chi connectivity index (χ1v) is 6.69. The minimum Gasteiger partial charge on any atom is -0.481 e. The first-order chi connectivity index (χ1) is 9.14. The zero-order valence-electron chi connectivity index (χ0n) is 12.6. The number of aryl methyl sites for hydroxylation is 1. The molecule has 0 bridgehead atoms. The molecule has 1 atom stereocenters. The van der Waals surface area contributed by atoms with E-state index in [9.17, 15) is 4.79 Å². The highest BCUT2D eigenvalue weighted by Gasteiger charge is 2.54. The van der Waals surface area contributed by atoms with Gasteiger partial charge >= 0.3 is 13.1 Å². The second-order valence-corrected chi connectivity index (χ2v) is 6.21. The molecular weight excluding hydrogens is 259 g/mol. The molecule has 0 aromatic carbocycles. The van der Waals surface area contributed by atoms with Gasteiger partial charge in [-0.3, -0.25) is 9.48 Å². The van der Waals surface area contributed by atoms with Crippen molar-refractivity contribution in [2.45, 2.75) is 51.1 Å². The van der Waals surface area contributed by atoms with E-state index in [0.29, 0.717) is 0 Å². The van der Waals surface area contributed by atoms with E-state index in [1.165, 1.54) is 0 Å². The average Bonchev–Trinajstić information content (AvgIpc) is 2.78. The fraction of sp³-hybridized carbons (Fsp3) is 0.692. The molecule has 0 amide bonds. The molecule has 1 saturated heterocycles. The summed E-state index contributed by atoms with van der Waals surface area (Å²) >= 11 is 0. The third kappa shape index (κ3) is 2.60. The maximum atomic E-state index is 11.2. The number of carbonyl (C=O) groups is 1. The van der Waals surface area contributed by atoms with Crippen LogP contribution in [0.15, 0.2) is 12.3 Å². The highest BCUT2D eigenvalue weighted by Crippen LogP contribution is 2.41. The predicted octanol–water partition coefficient (Wildman–Crippen LogP) is 1.61. The van der Waals surface area contributed by atoms with E-state index in [1.807, 2.05) is 27.7 Å². The Labute approximate surface area is 119 Å². The van der Waals surface area contributed by atoms with E-state index >= 15 is 0 Å². The van der Waals surface area contributed by atoms with Crippen molar-refractivity contribution in [3.8, 4) is 0 Å². The van der Waals surface area contributed by atoms with Crippen LogP contribution in [-0.2, 0) is 21.2 Å². The lowest BCUT2D eigenvalue weighted by molar-refractivity contribution is -0.137. The molecule has 1 aliphatic rings. The molecule has 0 saturated carbocycles. The highest BCUT2D eigenvalue weighted by molar-refractivity contribution is 6.48. The summed E-state index contributed by atoms with van der Waals surface area (Å²) < 4.78 is 13.6. The van der Waals surface area contributed by atoms with Gasteiger partial charge in [0.15, 0.2) is 0 Å². The zero-order chi connectivity index (χ0) is 15.1. The monoisotopic (exact) mass is 280 g/mol. The van der Waals surface area contributed by atoms with Crippen molar-refractivity contribution in [1.29, 1.82) is 0 Å². The number of carboxylic acids is 1. The Bertz CT molecular complexity index is 496. The number of aromatic nitrogens is 2. The minimum absolute atomic E-state index is 0.0592. The second kappa shape index (κ2) is 4.89. The Morgan fingerprint density at radius 1 is 1.40 bits per heavy atom. The van der Waals surface area contributed by atoms with Crippen LogP contribution in [0.4, 0.5) is 0 Å². The van der Waals surface area contributed by atoms with Crippen molar-refractivity contribution in [3.63, 3.8) is 0 Å². The van der Waals surface area contributed by atoms with Crippen LogP contribution >= 0.6 is 0 Å². The molecule has 2 rings (SSSR count). The second-order valence-electron chi connectivity index (χ2n) is 6.21. The molecular formula is C13H21BN2O4. The fourth-order valence-corrected chi connectivity index (χ4v) is 2.33. The summed E-state index contributed by atoms with van der Waals surface area (Å²) in [4.78, 5) is 11.2. The molecule has 110 valence electrons. The molecule has 20 heavy (non-hydrogen) atoms. The van der Waals surface area contributed by atoms with Gasteiger partial charge in [-0.05, 0) is 33.8 Å². The van der Waals surface area contributed by atoms with Crippen molar-refractivity contribution in [1.82, 2.24) is 9.78 Å². The smallest absolute Gasteiger partial charge is 0.468 e. The van der Waals surface area contributed by atoms with Crippen LogP contribution in [0.2, 0.25) is 0 Å². The van der Waals surface area contributed by atoms with Crippen LogP contribution in [0.5, 0.6) is 0 Å². The van der Waals surface area contributed by atoms with E-state index in [-0.39, 0.29) is 12.2 Å². The SMILES string of the molecule is Cn1nccc1C(CC(=O)O)B1OC(C)(C)C(C)(C)O1. The molecule has 1 N–H and O–H groups in total. The third-order valence-electron chi connectivity index (χ3n) is 4.23. The molecule has 1 aromatic rings. The molecule has 1 aromatic heterocycles. The van der Waals surface area contributed by atoms with Gasteiger partial charge in [0, 0.05) is 24.8 Å². The van der Waals surface area contributed by atoms with Gasteiger partial charge in [0.05, 0.1) is 17.6 Å². The average molecular weight is 280 g/mol. The standard InChI is InChI=1S/C13H21BN2O4/c1-12(2)13(3,4)20-14(19-12)9(8-11(17)18)10-6-7-15-16(10)5/h6-7,9H,8H2,1-5H3,(H,17,18). The van der Waals surface area contributed by atoms with Crippen LogP contribution < -0.4 is 0 Å². The molecule has 7 heteroatoms. The number of aliphatic carboxylic acids is 1. The Morgan fingerprint density at radius 3 is 2.35 bits per heavy atom. The fourth-order valence-electron chi connectivity index (χ4n) is 2.33. The van der Waals surface area contributed by atoms with Crippen LogP contribution in [0, 0.1) is 0 Å². The van der Waals surface area contributed by atoms with Crippen molar-refractivity contribution in [2.24, 2.45) is 7.05 Å². The Hall–Kier alpha value is -1.34. The third-order valence-corrected chi connectivity index (χ3v) is 4.23. The van der Waals surface area contributed by atoms with E-state index in [0.717, 1.165) is 5.69 Å². The molecule has 1 unspecified atom stereocenters. The van der Waals surface area contributed by atoms with E-state index in [1.54, 1.807) is 24.0 Å². The topological polar surface area (TPSA) is 73.6 Å². The number of rotatable bonds is 4. The van der Waals surface area contributed by atoms with Crippen LogP contribution in [0.25, 0.3) is 0 Å².